The summed E-state index contributed by atoms with van der Waals surface area (Å²) in [6.07, 6.45) is 0.299. The van der Waals surface area contributed by atoms with Gasteiger partial charge in [0.25, 0.3) is 0 Å². The summed E-state index contributed by atoms with van der Waals surface area (Å²) in [4.78, 5) is 14.2. The third-order valence-electron chi connectivity index (χ3n) is 3.33. The Hall–Kier alpha value is -0.940. The molecule has 2 atom stereocenters. The number of carbonyl (C=O) groups is 1. The van der Waals surface area contributed by atoms with Gasteiger partial charge in [-0.25, -0.2) is 8.78 Å². The summed E-state index contributed by atoms with van der Waals surface area (Å²) in [6.45, 7) is 6.92. The quantitative estimate of drug-likeness (QED) is 0.795. The van der Waals surface area contributed by atoms with Crippen molar-refractivity contribution in [1.29, 1.82) is 0 Å². The fourth-order valence-corrected chi connectivity index (χ4v) is 3.97. The highest BCUT2D eigenvalue weighted by molar-refractivity contribution is 8.00. The first-order valence-electron chi connectivity index (χ1n) is 6.81. The predicted molar refractivity (Wildman–Crippen MR) is 78.3 cm³/mol. The standard InChI is InChI=1S/C15H19F2NOS/c1-10-8-18(9-11(2)20-10)4-3-15(19)12-5-13(16)7-14(17)6-12/h5-7,10-11H,3-4,8-9H2,1-2H3. The van der Waals surface area contributed by atoms with Gasteiger partial charge in [0.2, 0.25) is 0 Å². The second-order valence-electron chi connectivity index (χ2n) is 5.35. The molecule has 20 heavy (non-hydrogen) atoms. The molecule has 5 heteroatoms. The molecule has 0 radical (unpaired) electrons. The van der Waals surface area contributed by atoms with Crippen LogP contribution in [0, 0.1) is 11.6 Å². The molecule has 2 rings (SSSR count). The van der Waals surface area contributed by atoms with Crippen molar-refractivity contribution in [3.63, 3.8) is 0 Å². The van der Waals surface area contributed by atoms with E-state index in [0.717, 1.165) is 31.3 Å². The number of thioether (sulfide) groups is 1. The Labute approximate surface area is 122 Å². The number of hydrogen-bond donors (Lipinski definition) is 0. The van der Waals surface area contributed by atoms with Gasteiger partial charge in [-0.05, 0) is 12.1 Å². The molecule has 0 aliphatic carbocycles. The smallest absolute Gasteiger partial charge is 0.164 e. The molecule has 1 heterocycles. The zero-order chi connectivity index (χ0) is 14.7. The summed E-state index contributed by atoms with van der Waals surface area (Å²) in [7, 11) is 0. The third-order valence-corrected chi connectivity index (χ3v) is 4.56. The predicted octanol–water partition coefficient (Wildman–Crippen LogP) is 3.36. The van der Waals surface area contributed by atoms with E-state index in [4.69, 9.17) is 0 Å². The van der Waals surface area contributed by atoms with Crippen molar-refractivity contribution < 1.29 is 13.6 Å². The average Bonchev–Trinajstić information content (AvgIpc) is 2.33. The Bertz CT molecular complexity index is 465. The van der Waals surface area contributed by atoms with Crippen LogP contribution < -0.4 is 0 Å². The van der Waals surface area contributed by atoms with Crippen molar-refractivity contribution in [1.82, 2.24) is 4.90 Å². The van der Waals surface area contributed by atoms with Gasteiger partial charge in [-0.1, -0.05) is 13.8 Å². The number of rotatable bonds is 4. The first-order chi connectivity index (χ1) is 9.44. The van der Waals surface area contributed by atoms with Crippen molar-refractivity contribution in [3.05, 3.63) is 35.4 Å². The number of hydrogen-bond acceptors (Lipinski definition) is 3. The SMILES string of the molecule is CC1CN(CCC(=O)c2cc(F)cc(F)c2)CC(C)S1. The van der Waals surface area contributed by atoms with Crippen molar-refractivity contribution in [2.24, 2.45) is 0 Å². The van der Waals surface area contributed by atoms with Crippen molar-refractivity contribution in [2.45, 2.75) is 30.8 Å². The number of nitrogens with zero attached hydrogens (tertiary/aromatic N) is 1. The van der Waals surface area contributed by atoms with Crippen molar-refractivity contribution in [3.8, 4) is 0 Å². The van der Waals surface area contributed by atoms with E-state index in [1.807, 2.05) is 11.8 Å². The maximum absolute atomic E-state index is 13.1. The zero-order valence-corrected chi connectivity index (χ0v) is 12.6. The Morgan fingerprint density at radius 1 is 1.20 bits per heavy atom. The van der Waals surface area contributed by atoms with Crippen LogP contribution >= 0.6 is 11.8 Å². The highest BCUT2D eigenvalue weighted by Crippen LogP contribution is 2.24. The second-order valence-corrected chi connectivity index (χ2v) is 7.23. The molecule has 0 bridgehead atoms. The Kier molecular flexibility index (Phi) is 5.16. The molecule has 0 amide bonds. The molecule has 1 aliphatic heterocycles. The Morgan fingerprint density at radius 3 is 2.30 bits per heavy atom. The molecule has 110 valence electrons. The van der Waals surface area contributed by atoms with E-state index in [-0.39, 0.29) is 11.3 Å². The minimum absolute atomic E-state index is 0.120. The van der Waals surface area contributed by atoms with Crippen LogP contribution in [0.25, 0.3) is 0 Å². The van der Waals surface area contributed by atoms with Crippen molar-refractivity contribution in [2.75, 3.05) is 19.6 Å². The highest BCUT2D eigenvalue weighted by atomic mass is 32.2. The van der Waals surface area contributed by atoms with Crippen LogP contribution in [-0.2, 0) is 0 Å². The third kappa shape index (κ3) is 4.28. The van der Waals surface area contributed by atoms with Crippen LogP contribution in [0.2, 0.25) is 0 Å². The molecule has 1 aliphatic rings. The molecule has 1 saturated heterocycles. The number of Topliss-reactive ketones (excluding diaryl/α,β-unsaturated/α-hetero) is 1. The van der Waals surface area contributed by atoms with E-state index in [1.54, 1.807) is 0 Å². The fourth-order valence-electron chi connectivity index (χ4n) is 2.59. The minimum atomic E-state index is -0.704. The topological polar surface area (TPSA) is 20.3 Å². The molecule has 1 aromatic rings. The molecular formula is C15H19F2NOS. The van der Waals surface area contributed by atoms with Gasteiger partial charge in [0, 0.05) is 48.2 Å². The lowest BCUT2D eigenvalue weighted by molar-refractivity contribution is 0.0962. The van der Waals surface area contributed by atoms with Gasteiger partial charge in [0.05, 0.1) is 0 Å². The van der Waals surface area contributed by atoms with E-state index < -0.39 is 11.6 Å². The van der Waals surface area contributed by atoms with Gasteiger partial charge in [0.15, 0.2) is 5.78 Å². The number of carbonyl (C=O) groups excluding carboxylic acids is 1. The van der Waals surface area contributed by atoms with E-state index in [2.05, 4.69) is 18.7 Å². The fraction of sp³-hybridized carbons (Fsp3) is 0.533. The van der Waals surface area contributed by atoms with Gasteiger partial charge < -0.3 is 4.90 Å². The Balaban J connectivity index is 1.91. The minimum Gasteiger partial charge on any atom is -0.301 e. The first-order valence-corrected chi connectivity index (χ1v) is 7.75. The molecule has 1 aromatic carbocycles. The molecule has 0 aromatic heterocycles. The summed E-state index contributed by atoms with van der Waals surface area (Å²) in [6, 6.07) is 2.98. The van der Waals surface area contributed by atoms with Crippen LogP contribution in [0.15, 0.2) is 18.2 Å². The monoisotopic (exact) mass is 299 g/mol. The van der Waals surface area contributed by atoms with Crippen LogP contribution in [0.4, 0.5) is 8.78 Å². The summed E-state index contributed by atoms with van der Waals surface area (Å²) >= 11 is 1.95. The maximum Gasteiger partial charge on any atom is 0.164 e. The van der Waals surface area contributed by atoms with Crippen molar-refractivity contribution >= 4 is 17.5 Å². The summed E-state index contributed by atoms with van der Waals surface area (Å²) < 4.78 is 26.2. The maximum atomic E-state index is 13.1. The second kappa shape index (κ2) is 6.68. The van der Waals surface area contributed by atoms with Gasteiger partial charge in [0.1, 0.15) is 11.6 Å². The largest absolute Gasteiger partial charge is 0.301 e. The van der Waals surface area contributed by atoms with Gasteiger partial charge in [-0.15, -0.1) is 0 Å². The molecule has 2 unspecified atom stereocenters. The van der Waals surface area contributed by atoms with Gasteiger partial charge in [-0.3, -0.25) is 4.79 Å². The van der Waals surface area contributed by atoms with E-state index in [0.29, 0.717) is 23.5 Å². The molecule has 0 saturated carbocycles. The highest BCUT2D eigenvalue weighted by Gasteiger charge is 2.22. The summed E-state index contributed by atoms with van der Waals surface area (Å²) in [5.41, 5.74) is 0.120. The molecular weight excluding hydrogens is 280 g/mol. The van der Waals surface area contributed by atoms with Gasteiger partial charge in [-0.2, -0.15) is 11.8 Å². The normalized spacial score (nSPS) is 23.8. The number of ketones is 1. The lowest BCUT2D eigenvalue weighted by Gasteiger charge is -2.34. The van der Waals surface area contributed by atoms with Crippen LogP contribution in [0.3, 0.4) is 0 Å². The number of halogens is 2. The molecule has 0 spiro atoms. The van der Waals surface area contributed by atoms with Crippen LogP contribution in [0.1, 0.15) is 30.6 Å². The van der Waals surface area contributed by atoms with E-state index >= 15 is 0 Å². The average molecular weight is 299 g/mol. The Morgan fingerprint density at radius 2 is 1.75 bits per heavy atom. The van der Waals surface area contributed by atoms with E-state index in [9.17, 15) is 13.6 Å². The van der Waals surface area contributed by atoms with Crippen LogP contribution in [0.5, 0.6) is 0 Å². The van der Waals surface area contributed by atoms with Crippen LogP contribution in [-0.4, -0.2) is 40.8 Å². The lowest BCUT2D eigenvalue weighted by atomic mass is 10.1. The molecule has 0 N–H and O–H groups in total. The van der Waals surface area contributed by atoms with E-state index in [1.165, 1.54) is 0 Å². The first kappa shape index (κ1) is 15.4. The molecule has 1 fully saturated rings. The molecule has 2 nitrogen and oxygen atoms in total. The zero-order valence-electron chi connectivity index (χ0n) is 11.7. The van der Waals surface area contributed by atoms with Gasteiger partial charge >= 0.3 is 0 Å². The lowest BCUT2D eigenvalue weighted by Crippen LogP contribution is -2.41. The number of benzene rings is 1. The summed E-state index contributed by atoms with van der Waals surface area (Å²) in [5.74, 6) is -1.61. The summed E-state index contributed by atoms with van der Waals surface area (Å²) in [5, 5.41) is 1.11.